The predicted octanol–water partition coefficient (Wildman–Crippen LogP) is 2.91. The van der Waals surface area contributed by atoms with E-state index in [9.17, 15) is 4.79 Å². The van der Waals surface area contributed by atoms with Crippen LogP contribution < -0.4 is 0 Å². The molecule has 0 unspecified atom stereocenters. The average Bonchev–Trinajstić information content (AvgIpc) is 2.69. The zero-order valence-corrected chi connectivity index (χ0v) is 10.6. The van der Waals surface area contributed by atoms with Crippen molar-refractivity contribution in [2.75, 3.05) is 7.11 Å². The largest absolute Gasteiger partial charge is 0.469 e. The first-order chi connectivity index (χ1) is 8.11. The van der Waals surface area contributed by atoms with Gasteiger partial charge in [0.15, 0.2) is 0 Å². The van der Waals surface area contributed by atoms with Gasteiger partial charge in [0.2, 0.25) is 0 Å². The van der Waals surface area contributed by atoms with Gasteiger partial charge in [-0.1, -0.05) is 23.2 Å². The van der Waals surface area contributed by atoms with E-state index in [0.717, 1.165) is 11.0 Å². The van der Waals surface area contributed by atoms with Gasteiger partial charge >= 0.3 is 5.97 Å². The highest BCUT2D eigenvalue weighted by Crippen LogP contribution is 2.27. The second-order valence-electron chi connectivity index (χ2n) is 3.52. The van der Waals surface area contributed by atoms with Crippen molar-refractivity contribution in [3.63, 3.8) is 0 Å². The van der Waals surface area contributed by atoms with Crippen molar-refractivity contribution in [2.24, 2.45) is 0 Å². The lowest BCUT2D eigenvalue weighted by Crippen LogP contribution is -2.06. The third-order valence-corrected chi connectivity index (χ3v) is 3.17. The average molecular weight is 273 g/mol. The number of ether oxygens (including phenoxy) is 1. The molecule has 1 heterocycles. The van der Waals surface area contributed by atoms with Crippen LogP contribution in [-0.2, 0) is 16.1 Å². The quantitative estimate of drug-likeness (QED) is 0.807. The van der Waals surface area contributed by atoms with Crippen molar-refractivity contribution >= 4 is 40.2 Å². The number of carbonyl (C=O) groups is 1. The number of esters is 1. The number of aromatic nitrogens is 2. The number of nitrogens with zero attached hydrogens (tertiary/aromatic N) is 2. The summed E-state index contributed by atoms with van der Waals surface area (Å²) in [4.78, 5) is 15.3. The fourth-order valence-electron chi connectivity index (χ4n) is 1.55. The SMILES string of the molecule is COC(=O)CCn1cnc2cc(Cl)c(Cl)cc21. The van der Waals surface area contributed by atoms with Gasteiger partial charge in [-0.15, -0.1) is 0 Å². The Balaban J connectivity index is 2.29. The maximum absolute atomic E-state index is 11.1. The van der Waals surface area contributed by atoms with E-state index in [1.165, 1.54) is 7.11 Å². The number of halogens is 2. The maximum Gasteiger partial charge on any atom is 0.307 e. The highest BCUT2D eigenvalue weighted by molar-refractivity contribution is 6.42. The monoisotopic (exact) mass is 272 g/mol. The first-order valence-corrected chi connectivity index (χ1v) is 5.74. The van der Waals surface area contributed by atoms with Gasteiger partial charge in [0.05, 0.1) is 40.9 Å². The van der Waals surface area contributed by atoms with Crippen LogP contribution in [0, 0.1) is 0 Å². The Bertz CT molecular complexity index is 566. The van der Waals surface area contributed by atoms with Crippen molar-refractivity contribution in [2.45, 2.75) is 13.0 Å². The van der Waals surface area contributed by atoms with Crippen LogP contribution in [-0.4, -0.2) is 22.6 Å². The normalized spacial score (nSPS) is 10.8. The van der Waals surface area contributed by atoms with E-state index in [4.69, 9.17) is 23.2 Å². The maximum atomic E-state index is 11.1. The van der Waals surface area contributed by atoms with Crippen LogP contribution in [0.1, 0.15) is 6.42 Å². The molecule has 0 saturated heterocycles. The number of carbonyl (C=O) groups excluding carboxylic acids is 1. The summed E-state index contributed by atoms with van der Waals surface area (Å²) in [5.41, 5.74) is 1.60. The van der Waals surface area contributed by atoms with Crippen LogP contribution in [0.3, 0.4) is 0 Å². The molecule has 0 N–H and O–H groups in total. The molecule has 0 radical (unpaired) electrons. The molecule has 6 heteroatoms. The molecule has 0 aliphatic heterocycles. The zero-order valence-electron chi connectivity index (χ0n) is 9.11. The summed E-state index contributed by atoms with van der Waals surface area (Å²) >= 11 is 11.8. The van der Waals surface area contributed by atoms with E-state index >= 15 is 0 Å². The van der Waals surface area contributed by atoms with E-state index in [1.54, 1.807) is 18.5 Å². The van der Waals surface area contributed by atoms with Gasteiger partial charge in [-0.3, -0.25) is 4.79 Å². The van der Waals surface area contributed by atoms with E-state index in [1.807, 2.05) is 4.57 Å². The lowest BCUT2D eigenvalue weighted by molar-refractivity contribution is -0.140. The standard InChI is InChI=1S/C11H10Cl2N2O2/c1-17-11(16)2-3-15-6-14-9-4-7(12)8(13)5-10(9)15/h4-6H,2-3H2,1H3. The van der Waals surface area contributed by atoms with E-state index in [2.05, 4.69) is 9.72 Å². The van der Waals surface area contributed by atoms with Crippen LogP contribution in [0.25, 0.3) is 11.0 Å². The first-order valence-electron chi connectivity index (χ1n) is 4.98. The summed E-state index contributed by atoms with van der Waals surface area (Å²) in [7, 11) is 1.37. The lowest BCUT2D eigenvalue weighted by Gasteiger charge is -2.03. The Morgan fingerprint density at radius 3 is 2.82 bits per heavy atom. The molecule has 0 amide bonds. The second kappa shape index (κ2) is 4.94. The minimum absolute atomic E-state index is 0.257. The number of imidazole rings is 1. The van der Waals surface area contributed by atoms with Gasteiger partial charge in [-0.05, 0) is 12.1 Å². The van der Waals surface area contributed by atoms with Crippen molar-refractivity contribution in [3.8, 4) is 0 Å². The molecule has 1 aromatic heterocycles. The van der Waals surface area contributed by atoms with Gasteiger partial charge in [0.25, 0.3) is 0 Å². The third-order valence-electron chi connectivity index (χ3n) is 2.45. The fourth-order valence-corrected chi connectivity index (χ4v) is 1.86. The topological polar surface area (TPSA) is 44.1 Å². The molecule has 90 valence electrons. The number of hydrogen-bond donors (Lipinski definition) is 0. The van der Waals surface area contributed by atoms with Crippen LogP contribution in [0.2, 0.25) is 10.0 Å². The Morgan fingerprint density at radius 2 is 2.12 bits per heavy atom. The molecule has 0 aliphatic carbocycles. The van der Waals surface area contributed by atoms with Crippen molar-refractivity contribution in [1.29, 1.82) is 0 Å². The molecule has 0 atom stereocenters. The summed E-state index contributed by atoms with van der Waals surface area (Å²) in [5.74, 6) is -0.257. The van der Waals surface area contributed by atoms with Crippen molar-refractivity contribution < 1.29 is 9.53 Å². The Hall–Kier alpha value is -1.26. The highest BCUT2D eigenvalue weighted by atomic mass is 35.5. The van der Waals surface area contributed by atoms with Crippen LogP contribution in [0.5, 0.6) is 0 Å². The third kappa shape index (κ3) is 2.53. The molecule has 2 rings (SSSR count). The molecule has 0 bridgehead atoms. The highest BCUT2D eigenvalue weighted by Gasteiger charge is 2.08. The first kappa shape index (κ1) is 12.2. The van der Waals surface area contributed by atoms with E-state index in [0.29, 0.717) is 23.0 Å². The molecule has 4 nitrogen and oxygen atoms in total. The molecular weight excluding hydrogens is 263 g/mol. The summed E-state index contributed by atoms with van der Waals surface area (Å²) in [5, 5.41) is 0.941. The minimum Gasteiger partial charge on any atom is -0.469 e. The van der Waals surface area contributed by atoms with Gasteiger partial charge in [0, 0.05) is 6.54 Å². The van der Waals surface area contributed by atoms with Gasteiger partial charge in [0.1, 0.15) is 0 Å². The van der Waals surface area contributed by atoms with E-state index in [-0.39, 0.29) is 5.97 Å². The molecule has 0 fully saturated rings. The molecule has 2 aromatic rings. The van der Waals surface area contributed by atoms with Crippen LogP contribution in [0.4, 0.5) is 0 Å². The second-order valence-corrected chi connectivity index (χ2v) is 4.33. The number of fused-ring (bicyclic) bond motifs is 1. The van der Waals surface area contributed by atoms with Gasteiger partial charge in [-0.25, -0.2) is 4.98 Å². The predicted molar refractivity (Wildman–Crippen MR) is 66.4 cm³/mol. The Kier molecular flexibility index (Phi) is 3.54. The zero-order chi connectivity index (χ0) is 12.4. The summed E-state index contributed by atoms with van der Waals surface area (Å²) in [6.07, 6.45) is 1.95. The number of benzene rings is 1. The number of hydrogen-bond acceptors (Lipinski definition) is 3. The molecule has 0 spiro atoms. The molecule has 0 saturated carbocycles. The minimum atomic E-state index is -0.257. The summed E-state index contributed by atoms with van der Waals surface area (Å²) in [6.45, 7) is 0.501. The van der Waals surface area contributed by atoms with E-state index < -0.39 is 0 Å². The number of aryl methyl sites for hydroxylation is 1. The summed E-state index contributed by atoms with van der Waals surface area (Å²) in [6, 6.07) is 3.44. The van der Waals surface area contributed by atoms with Crippen molar-refractivity contribution in [3.05, 3.63) is 28.5 Å². The number of rotatable bonds is 3. The molecule has 1 aromatic carbocycles. The molecule has 17 heavy (non-hydrogen) atoms. The van der Waals surface area contributed by atoms with Gasteiger partial charge < -0.3 is 9.30 Å². The Morgan fingerprint density at radius 1 is 1.41 bits per heavy atom. The van der Waals surface area contributed by atoms with Crippen LogP contribution >= 0.6 is 23.2 Å². The molecular formula is C11H10Cl2N2O2. The smallest absolute Gasteiger partial charge is 0.307 e. The molecule has 0 aliphatic rings. The van der Waals surface area contributed by atoms with Crippen LogP contribution in [0.15, 0.2) is 18.5 Å². The van der Waals surface area contributed by atoms with Gasteiger partial charge in [-0.2, -0.15) is 0 Å². The number of methoxy groups -OCH3 is 1. The fraction of sp³-hybridized carbons (Fsp3) is 0.273. The Labute approximate surface area is 108 Å². The summed E-state index contributed by atoms with van der Waals surface area (Å²) < 4.78 is 6.43. The van der Waals surface area contributed by atoms with Crippen molar-refractivity contribution in [1.82, 2.24) is 9.55 Å². The lowest BCUT2D eigenvalue weighted by atomic mass is 10.3.